The number of carbonyl (C=O) groups excluding carboxylic acids is 1. The van der Waals surface area contributed by atoms with Gasteiger partial charge < -0.3 is 10.2 Å². The average Bonchev–Trinajstić information content (AvgIpc) is 2.85. The molecule has 96 valence electrons. The first-order valence-corrected chi connectivity index (χ1v) is 6.95. The van der Waals surface area contributed by atoms with E-state index in [2.05, 4.69) is 16.3 Å². The van der Waals surface area contributed by atoms with E-state index in [4.69, 9.17) is 0 Å². The molecule has 1 fully saturated rings. The van der Waals surface area contributed by atoms with Gasteiger partial charge in [0.2, 0.25) is 5.91 Å². The van der Waals surface area contributed by atoms with Gasteiger partial charge in [-0.1, -0.05) is 6.07 Å². The molecule has 1 N–H and O–H groups in total. The summed E-state index contributed by atoms with van der Waals surface area (Å²) in [5.41, 5.74) is -0.666. The van der Waals surface area contributed by atoms with Crippen LogP contribution in [-0.2, 0) is 11.2 Å². The van der Waals surface area contributed by atoms with E-state index < -0.39 is 5.54 Å². The van der Waals surface area contributed by atoms with Gasteiger partial charge in [0, 0.05) is 18.0 Å². The smallest absolute Gasteiger partial charge is 0.226 e. The number of hydrogen-bond donors (Lipinski definition) is 1. The fraction of sp³-hybridized carbons (Fsp3) is 0.538. The molecular weight excluding hydrogens is 246 g/mol. The van der Waals surface area contributed by atoms with Crippen molar-refractivity contribution in [2.24, 2.45) is 0 Å². The number of nitriles is 1. The third-order valence-electron chi connectivity index (χ3n) is 3.35. The molecule has 1 aromatic rings. The number of hydrogen-bond acceptors (Lipinski definition) is 4. The zero-order valence-electron chi connectivity index (χ0n) is 10.5. The van der Waals surface area contributed by atoms with Crippen LogP contribution in [0.4, 0.5) is 0 Å². The second kappa shape index (κ2) is 5.51. The first-order chi connectivity index (χ1) is 8.63. The lowest BCUT2D eigenvalue weighted by molar-refractivity contribution is -0.122. The zero-order chi connectivity index (χ0) is 13.0. The molecule has 0 radical (unpaired) electrons. The van der Waals surface area contributed by atoms with Gasteiger partial charge in [-0.3, -0.25) is 4.79 Å². The molecular formula is C13H17N3OS. The minimum Gasteiger partial charge on any atom is -0.337 e. The molecule has 0 aliphatic carbocycles. The number of rotatable bonds is 3. The predicted octanol–water partition coefficient (Wildman–Crippen LogP) is 1.39. The van der Waals surface area contributed by atoms with Crippen molar-refractivity contribution in [2.45, 2.75) is 24.8 Å². The monoisotopic (exact) mass is 263 g/mol. The molecule has 0 spiro atoms. The van der Waals surface area contributed by atoms with Crippen LogP contribution >= 0.6 is 11.3 Å². The number of likely N-dealkylation sites (tertiary alicyclic amines) is 1. The molecule has 0 aromatic carbocycles. The topological polar surface area (TPSA) is 56.1 Å². The summed E-state index contributed by atoms with van der Waals surface area (Å²) in [7, 11) is 2.04. The minimum atomic E-state index is -0.666. The number of thiophene rings is 1. The van der Waals surface area contributed by atoms with Crippen molar-refractivity contribution in [1.29, 1.82) is 5.26 Å². The molecule has 4 nitrogen and oxygen atoms in total. The number of nitrogens with one attached hydrogen (secondary N) is 1. The molecule has 1 amide bonds. The highest BCUT2D eigenvalue weighted by Crippen LogP contribution is 2.21. The summed E-state index contributed by atoms with van der Waals surface area (Å²) < 4.78 is 0. The highest BCUT2D eigenvalue weighted by Gasteiger charge is 2.35. The second-order valence-corrected chi connectivity index (χ2v) is 5.83. The Bertz CT molecular complexity index is 441. The summed E-state index contributed by atoms with van der Waals surface area (Å²) in [6, 6.07) is 6.17. The van der Waals surface area contributed by atoms with Crippen molar-refractivity contribution in [3.8, 4) is 6.07 Å². The van der Waals surface area contributed by atoms with E-state index in [1.807, 2.05) is 24.6 Å². The van der Waals surface area contributed by atoms with Gasteiger partial charge in [0.05, 0.1) is 12.5 Å². The van der Waals surface area contributed by atoms with Crippen molar-refractivity contribution in [3.05, 3.63) is 22.4 Å². The van der Waals surface area contributed by atoms with Crippen LogP contribution in [0.1, 0.15) is 17.7 Å². The van der Waals surface area contributed by atoms with Gasteiger partial charge >= 0.3 is 0 Å². The van der Waals surface area contributed by atoms with E-state index in [-0.39, 0.29) is 5.91 Å². The van der Waals surface area contributed by atoms with Crippen LogP contribution in [0.2, 0.25) is 0 Å². The third-order valence-corrected chi connectivity index (χ3v) is 4.22. The van der Waals surface area contributed by atoms with Crippen molar-refractivity contribution < 1.29 is 4.79 Å². The molecule has 18 heavy (non-hydrogen) atoms. The van der Waals surface area contributed by atoms with Crippen LogP contribution < -0.4 is 5.32 Å². The Morgan fingerprint density at radius 1 is 1.61 bits per heavy atom. The van der Waals surface area contributed by atoms with Gasteiger partial charge in [0.25, 0.3) is 0 Å². The van der Waals surface area contributed by atoms with E-state index in [0.717, 1.165) is 18.0 Å². The van der Waals surface area contributed by atoms with Gasteiger partial charge in [-0.05, 0) is 31.3 Å². The largest absolute Gasteiger partial charge is 0.337 e. The summed E-state index contributed by atoms with van der Waals surface area (Å²) in [5, 5.41) is 14.2. The number of carbonyl (C=O) groups is 1. The third kappa shape index (κ3) is 3.09. The normalized spacial score (nSPS) is 19.1. The average molecular weight is 263 g/mol. The molecule has 5 heteroatoms. The summed E-state index contributed by atoms with van der Waals surface area (Å²) in [5.74, 6) is -0.0523. The van der Waals surface area contributed by atoms with Gasteiger partial charge in [0.15, 0.2) is 0 Å². The molecule has 1 aliphatic rings. The van der Waals surface area contributed by atoms with Crippen LogP contribution in [0.5, 0.6) is 0 Å². The van der Waals surface area contributed by atoms with E-state index in [1.54, 1.807) is 11.3 Å². The summed E-state index contributed by atoms with van der Waals surface area (Å²) in [4.78, 5) is 15.2. The summed E-state index contributed by atoms with van der Waals surface area (Å²) in [6.45, 7) is 1.71. The highest BCUT2D eigenvalue weighted by molar-refractivity contribution is 7.10. The molecule has 0 unspecified atom stereocenters. The first-order valence-electron chi connectivity index (χ1n) is 6.07. The molecule has 0 saturated carbocycles. The first kappa shape index (κ1) is 13.1. The second-order valence-electron chi connectivity index (χ2n) is 4.80. The Kier molecular flexibility index (Phi) is 4.00. The summed E-state index contributed by atoms with van der Waals surface area (Å²) >= 11 is 1.57. The van der Waals surface area contributed by atoms with Crippen LogP contribution in [0.3, 0.4) is 0 Å². The Hall–Kier alpha value is -1.38. The van der Waals surface area contributed by atoms with Crippen LogP contribution in [0, 0.1) is 11.3 Å². The van der Waals surface area contributed by atoms with Crippen LogP contribution in [0.25, 0.3) is 0 Å². The SMILES string of the molecule is CN1CCC(C#N)(NC(=O)Cc2cccs2)CC1. The molecule has 1 aromatic heterocycles. The van der Waals surface area contributed by atoms with Crippen LogP contribution in [0.15, 0.2) is 17.5 Å². The fourth-order valence-electron chi connectivity index (χ4n) is 2.15. The highest BCUT2D eigenvalue weighted by atomic mass is 32.1. The Morgan fingerprint density at radius 2 is 2.33 bits per heavy atom. The quantitative estimate of drug-likeness (QED) is 0.896. The number of nitrogens with zero attached hydrogens (tertiary/aromatic N) is 2. The lowest BCUT2D eigenvalue weighted by atomic mass is 9.89. The van der Waals surface area contributed by atoms with Crippen molar-refractivity contribution in [1.82, 2.24) is 10.2 Å². The van der Waals surface area contributed by atoms with E-state index in [9.17, 15) is 10.1 Å². The maximum atomic E-state index is 12.0. The number of piperidine rings is 1. The van der Waals surface area contributed by atoms with E-state index in [1.165, 1.54) is 0 Å². The van der Waals surface area contributed by atoms with Gasteiger partial charge in [-0.15, -0.1) is 11.3 Å². The van der Waals surface area contributed by atoms with E-state index >= 15 is 0 Å². The van der Waals surface area contributed by atoms with Gasteiger partial charge in [0.1, 0.15) is 5.54 Å². The molecule has 1 aliphatic heterocycles. The van der Waals surface area contributed by atoms with Crippen molar-refractivity contribution >= 4 is 17.2 Å². The van der Waals surface area contributed by atoms with Gasteiger partial charge in [-0.2, -0.15) is 5.26 Å². The van der Waals surface area contributed by atoms with Gasteiger partial charge in [-0.25, -0.2) is 0 Å². The fourth-order valence-corrected chi connectivity index (χ4v) is 2.85. The predicted molar refractivity (Wildman–Crippen MR) is 71.2 cm³/mol. The maximum absolute atomic E-state index is 12.0. The molecule has 2 heterocycles. The zero-order valence-corrected chi connectivity index (χ0v) is 11.3. The minimum absolute atomic E-state index is 0.0523. The molecule has 0 atom stereocenters. The molecule has 2 rings (SSSR count). The standard InChI is InChI=1S/C13H17N3OS/c1-16-6-4-13(10-14,5-7-16)15-12(17)9-11-3-2-8-18-11/h2-3,8H,4-7,9H2,1H3,(H,15,17). The van der Waals surface area contributed by atoms with Crippen molar-refractivity contribution in [3.63, 3.8) is 0 Å². The number of amides is 1. The Labute approximate surface area is 111 Å². The maximum Gasteiger partial charge on any atom is 0.226 e. The lowest BCUT2D eigenvalue weighted by Crippen LogP contribution is -2.54. The van der Waals surface area contributed by atoms with E-state index in [0.29, 0.717) is 19.3 Å². The Balaban J connectivity index is 1.94. The van der Waals surface area contributed by atoms with Crippen LogP contribution in [-0.4, -0.2) is 36.5 Å². The lowest BCUT2D eigenvalue weighted by Gasteiger charge is -2.35. The Morgan fingerprint density at radius 3 is 2.89 bits per heavy atom. The molecule has 1 saturated heterocycles. The molecule has 0 bridgehead atoms. The summed E-state index contributed by atoms with van der Waals surface area (Å²) in [6.07, 6.45) is 1.78. The van der Waals surface area contributed by atoms with Crippen molar-refractivity contribution in [2.75, 3.05) is 20.1 Å².